The van der Waals surface area contributed by atoms with Crippen molar-refractivity contribution in [2.45, 2.75) is 17.4 Å². The Morgan fingerprint density at radius 1 is 1.12 bits per heavy atom. The van der Waals surface area contributed by atoms with Gasteiger partial charge in [0.25, 0.3) is 0 Å². The van der Waals surface area contributed by atoms with Crippen molar-refractivity contribution >= 4 is 34.8 Å². The molecule has 0 radical (unpaired) electrons. The highest BCUT2D eigenvalue weighted by Crippen LogP contribution is 2.48. The van der Waals surface area contributed by atoms with Gasteiger partial charge in [0.15, 0.2) is 5.67 Å². The number of benzene rings is 2. The summed E-state index contributed by atoms with van der Waals surface area (Å²) in [6, 6.07) is 9.49. The van der Waals surface area contributed by atoms with Gasteiger partial charge in [-0.15, -0.1) is 0 Å². The number of amides is 1. The molecule has 4 rings (SSSR count). The molecule has 0 saturated carbocycles. The molecule has 176 valence electrons. The van der Waals surface area contributed by atoms with Gasteiger partial charge in [-0.25, -0.2) is 4.39 Å². The summed E-state index contributed by atoms with van der Waals surface area (Å²) in [6.07, 6.45) is -3.94. The van der Waals surface area contributed by atoms with E-state index in [9.17, 15) is 18.0 Å². The third-order valence-electron chi connectivity index (χ3n) is 5.60. The van der Waals surface area contributed by atoms with E-state index in [2.05, 4.69) is 5.48 Å². The predicted molar refractivity (Wildman–Crippen MR) is 114 cm³/mol. The van der Waals surface area contributed by atoms with Crippen LogP contribution in [0.1, 0.15) is 16.7 Å². The van der Waals surface area contributed by atoms with Crippen molar-refractivity contribution < 1.29 is 31.9 Å². The SMILES string of the molecule is COCC(=O)N1CC(F)(c2ccc(C3=CC(c4cc(Cl)cc(Cl)c4)(C(F)(F)F)ON3)cc2)C1. The van der Waals surface area contributed by atoms with Crippen molar-refractivity contribution in [3.63, 3.8) is 0 Å². The zero-order chi connectivity index (χ0) is 24.0. The molecule has 1 saturated heterocycles. The number of likely N-dealkylation sites (tertiary alicyclic amines) is 1. The van der Waals surface area contributed by atoms with Gasteiger partial charge in [-0.05, 0) is 35.4 Å². The Morgan fingerprint density at radius 2 is 1.73 bits per heavy atom. The third kappa shape index (κ3) is 4.30. The average Bonchev–Trinajstić information content (AvgIpc) is 3.18. The van der Waals surface area contributed by atoms with Gasteiger partial charge < -0.3 is 9.64 Å². The summed E-state index contributed by atoms with van der Waals surface area (Å²) in [4.78, 5) is 18.1. The summed E-state index contributed by atoms with van der Waals surface area (Å²) >= 11 is 11.8. The van der Waals surface area contributed by atoms with Crippen LogP contribution in [-0.4, -0.2) is 43.8 Å². The minimum absolute atomic E-state index is 0.0303. The lowest BCUT2D eigenvalue weighted by molar-refractivity contribution is -0.269. The number of alkyl halides is 4. The molecule has 0 aliphatic carbocycles. The Hall–Kier alpha value is -2.33. The molecule has 5 nitrogen and oxygen atoms in total. The topological polar surface area (TPSA) is 50.8 Å². The molecule has 1 N–H and O–H groups in total. The van der Waals surface area contributed by atoms with Crippen molar-refractivity contribution in [3.8, 4) is 0 Å². The first-order valence-corrected chi connectivity index (χ1v) is 10.5. The number of nitrogens with zero attached hydrogens (tertiary/aromatic N) is 1. The Labute approximate surface area is 196 Å². The highest BCUT2D eigenvalue weighted by molar-refractivity contribution is 6.34. The van der Waals surface area contributed by atoms with E-state index in [0.29, 0.717) is 11.1 Å². The van der Waals surface area contributed by atoms with Crippen LogP contribution >= 0.6 is 23.2 Å². The number of halogens is 6. The van der Waals surface area contributed by atoms with E-state index in [4.69, 9.17) is 32.8 Å². The van der Waals surface area contributed by atoms with E-state index in [1.165, 1.54) is 42.3 Å². The highest BCUT2D eigenvalue weighted by Gasteiger charge is 2.59. The van der Waals surface area contributed by atoms with Crippen LogP contribution in [0.2, 0.25) is 10.0 Å². The monoisotopic (exact) mass is 504 g/mol. The minimum atomic E-state index is -4.83. The van der Waals surface area contributed by atoms with Gasteiger partial charge in [0.1, 0.15) is 6.61 Å². The molecule has 0 bridgehead atoms. The van der Waals surface area contributed by atoms with Crippen LogP contribution in [0, 0.1) is 0 Å². The quantitative estimate of drug-likeness (QED) is 0.583. The van der Waals surface area contributed by atoms with E-state index >= 15 is 4.39 Å². The fourth-order valence-corrected chi connectivity index (χ4v) is 4.36. The number of hydrogen-bond acceptors (Lipinski definition) is 4. The standard InChI is InChI=1S/C22H18Cl2F4N2O3/c1-32-10-19(31)30-11-20(25,12-30)14-4-2-13(3-5-14)18-9-21(33-29-18,22(26,27)28)15-6-16(23)8-17(24)7-15/h2-9,29H,10-12H2,1H3. The fourth-order valence-electron chi connectivity index (χ4n) is 3.83. The van der Waals surface area contributed by atoms with E-state index in [-0.39, 0.29) is 46.9 Å². The van der Waals surface area contributed by atoms with Crippen molar-refractivity contribution in [1.82, 2.24) is 10.4 Å². The highest BCUT2D eigenvalue weighted by atomic mass is 35.5. The number of carbonyl (C=O) groups is 1. The van der Waals surface area contributed by atoms with Gasteiger partial charge in [0, 0.05) is 22.7 Å². The van der Waals surface area contributed by atoms with Crippen molar-refractivity contribution in [2.24, 2.45) is 0 Å². The molecular formula is C22H18Cl2F4N2O3. The first-order valence-electron chi connectivity index (χ1n) is 9.74. The number of hydroxylamine groups is 1. The molecule has 1 amide bonds. The van der Waals surface area contributed by atoms with Gasteiger partial charge in [-0.2, -0.15) is 13.2 Å². The van der Waals surface area contributed by atoms with Crippen molar-refractivity contribution in [2.75, 3.05) is 26.8 Å². The maximum atomic E-state index is 15.1. The van der Waals surface area contributed by atoms with E-state index in [1.807, 2.05) is 0 Å². The molecule has 2 heterocycles. The first-order chi connectivity index (χ1) is 15.5. The summed E-state index contributed by atoms with van der Waals surface area (Å²) in [5.41, 5.74) is -1.79. The molecule has 1 unspecified atom stereocenters. The molecule has 1 fully saturated rings. The van der Waals surface area contributed by atoms with Gasteiger partial charge in [0.05, 0.1) is 18.8 Å². The average molecular weight is 505 g/mol. The van der Waals surface area contributed by atoms with Gasteiger partial charge >= 0.3 is 6.18 Å². The summed E-state index contributed by atoms with van der Waals surface area (Å²) in [6.45, 7) is -0.371. The molecule has 0 spiro atoms. The molecule has 33 heavy (non-hydrogen) atoms. The second kappa shape index (κ2) is 8.47. The predicted octanol–water partition coefficient (Wildman–Crippen LogP) is 4.98. The number of ether oxygens (including phenoxy) is 1. The Balaban J connectivity index is 1.59. The number of carbonyl (C=O) groups excluding carboxylic acids is 1. The van der Waals surface area contributed by atoms with Crippen LogP contribution in [0.4, 0.5) is 17.6 Å². The number of rotatable bonds is 5. The van der Waals surface area contributed by atoms with Crippen molar-refractivity contribution in [1.29, 1.82) is 0 Å². The Morgan fingerprint density at radius 3 is 2.27 bits per heavy atom. The smallest absolute Gasteiger partial charge is 0.375 e. The largest absolute Gasteiger partial charge is 0.428 e. The maximum absolute atomic E-state index is 15.1. The van der Waals surface area contributed by atoms with Crippen molar-refractivity contribution in [3.05, 3.63) is 75.3 Å². The molecule has 0 aromatic heterocycles. The second-order valence-corrected chi connectivity index (χ2v) is 8.75. The van der Waals surface area contributed by atoms with E-state index in [0.717, 1.165) is 18.2 Å². The van der Waals surface area contributed by atoms with E-state index < -0.39 is 17.4 Å². The Kier molecular flexibility index (Phi) is 6.11. The van der Waals surface area contributed by atoms with Crippen LogP contribution in [-0.2, 0) is 25.6 Å². The summed E-state index contributed by atoms with van der Waals surface area (Å²) < 4.78 is 62.2. The summed E-state index contributed by atoms with van der Waals surface area (Å²) in [7, 11) is 1.38. The lowest BCUT2D eigenvalue weighted by Gasteiger charge is -2.44. The number of methoxy groups -OCH3 is 1. The van der Waals surface area contributed by atoms with Gasteiger partial charge in [0.2, 0.25) is 11.5 Å². The molecule has 11 heteroatoms. The fraction of sp³-hybridized carbons (Fsp3) is 0.318. The van der Waals surface area contributed by atoms with Gasteiger partial charge in [-0.3, -0.25) is 15.1 Å². The normalized spacial score (nSPS) is 21.9. The molecule has 2 aromatic carbocycles. The van der Waals surface area contributed by atoms with Gasteiger partial charge in [-0.1, -0.05) is 47.5 Å². The van der Waals surface area contributed by atoms with Crippen LogP contribution in [0.5, 0.6) is 0 Å². The molecular weight excluding hydrogens is 487 g/mol. The van der Waals surface area contributed by atoms with E-state index in [1.54, 1.807) is 0 Å². The zero-order valence-corrected chi connectivity index (χ0v) is 18.7. The molecule has 2 aliphatic rings. The maximum Gasteiger partial charge on any atom is 0.428 e. The first kappa shape index (κ1) is 23.8. The third-order valence-corrected chi connectivity index (χ3v) is 6.04. The molecule has 1 atom stereocenters. The van der Waals surface area contributed by atoms with Crippen LogP contribution in [0.3, 0.4) is 0 Å². The zero-order valence-electron chi connectivity index (χ0n) is 17.2. The summed E-state index contributed by atoms with van der Waals surface area (Å²) in [5.74, 6) is -0.315. The number of nitrogens with one attached hydrogen (secondary N) is 1. The lowest BCUT2D eigenvalue weighted by Crippen LogP contribution is -2.59. The molecule has 2 aromatic rings. The number of hydrogen-bond donors (Lipinski definition) is 1. The lowest BCUT2D eigenvalue weighted by atomic mass is 9.87. The summed E-state index contributed by atoms with van der Waals surface area (Å²) in [5, 5.41) is 0.0605. The second-order valence-electron chi connectivity index (χ2n) is 7.88. The van der Waals surface area contributed by atoms with Crippen LogP contribution in [0.15, 0.2) is 48.5 Å². The van der Waals surface area contributed by atoms with Crippen LogP contribution in [0.25, 0.3) is 5.70 Å². The molecule has 2 aliphatic heterocycles. The van der Waals surface area contributed by atoms with Crippen LogP contribution < -0.4 is 5.48 Å². The minimum Gasteiger partial charge on any atom is -0.375 e. The Bertz CT molecular complexity index is 1080.